The Kier molecular flexibility index (Phi) is 14.5. The molecule has 0 heterocycles. The van der Waals surface area contributed by atoms with Crippen LogP contribution in [0.3, 0.4) is 0 Å². The maximum Gasteiger partial charge on any atom is 2.00 e. The SMILES string of the molecule is O=S(=O)([O-])[O-].[Fe+2].[Rb+]. The first kappa shape index (κ1) is 16.1. The molecule has 0 aliphatic heterocycles. The molecule has 0 atom stereocenters. The molecule has 0 spiro atoms. The van der Waals surface area contributed by atoms with Crippen molar-refractivity contribution in [1.29, 1.82) is 0 Å². The summed E-state index contributed by atoms with van der Waals surface area (Å²) < 4.78 is 34.1. The molecule has 38 valence electrons. The van der Waals surface area contributed by atoms with Gasteiger partial charge in [-0.25, -0.2) is 0 Å². The molecule has 0 rings (SSSR count). The van der Waals surface area contributed by atoms with Crippen LogP contribution in [0.1, 0.15) is 0 Å². The molecule has 0 radical (unpaired) electrons. The maximum absolute atomic E-state index is 8.52. The number of hydrogen-bond acceptors (Lipinski definition) is 4. The third-order valence-corrected chi connectivity index (χ3v) is 0. The molecule has 0 aromatic rings. The zero-order valence-electron chi connectivity index (χ0n) is 3.39. The van der Waals surface area contributed by atoms with Crippen LogP contribution in [0.4, 0.5) is 0 Å². The van der Waals surface area contributed by atoms with Crippen molar-refractivity contribution >= 4 is 10.4 Å². The van der Waals surface area contributed by atoms with Gasteiger partial charge in [-0.1, -0.05) is 0 Å². The normalized spacial score (nSPS) is 8.29. The van der Waals surface area contributed by atoms with E-state index in [0.717, 1.165) is 0 Å². The van der Waals surface area contributed by atoms with E-state index in [4.69, 9.17) is 17.5 Å². The van der Waals surface area contributed by atoms with Gasteiger partial charge < -0.3 is 9.11 Å². The fourth-order valence-electron chi connectivity index (χ4n) is 0. The predicted molar refractivity (Wildman–Crippen MR) is 10.5 cm³/mol. The second-order valence-electron chi connectivity index (χ2n) is 0.408. The van der Waals surface area contributed by atoms with Gasteiger partial charge in [-0.3, -0.25) is 8.42 Å². The van der Waals surface area contributed by atoms with Crippen LogP contribution in [-0.4, -0.2) is 17.5 Å². The molecule has 0 N–H and O–H groups in total. The number of hydrogen-bond donors (Lipinski definition) is 0. The summed E-state index contributed by atoms with van der Waals surface area (Å²) in [5.41, 5.74) is 0. The molecule has 0 bridgehead atoms. The van der Waals surface area contributed by atoms with Gasteiger partial charge in [0.25, 0.3) is 0 Å². The van der Waals surface area contributed by atoms with E-state index in [1.165, 1.54) is 0 Å². The second kappa shape index (κ2) is 6.32. The Balaban J connectivity index is -0.0000000800. The van der Waals surface area contributed by atoms with Crippen molar-refractivity contribution in [1.82, 2.24) is 0 Å². The minimum absolute atomic E-state index is 0. The summed E-state index contributed by atoms with van der Waals surface area (Å²) >= 11 is 0. The van der Waals surface area contributed by atoms with E-state index in [1.807, 2.05) is 0 Å². The summed E-state index contributed by atoms with van der Waals surface area (Å²) in [5, 5.41) is 0. The standard InChI is InChI=1S/Fe.H2O4S.Rb/c;1-5(2,3)4;/h;(H2,1,2,3,4);/q+2;;+1/p-2. The average molecular weight is 237 g/mol. The van der Waals surface area contributed by atoms with E-state index in [9.17, 15) is 0 Å². The molecule has 0 aliphatic rings. The summed E-state index contributed by atoms with van der Waals surface area (Å²) in [7, 11) is -5.17. The van der Waals surface area contributed by atoms with Gasteiger partial charge in [0.15, 0.2) is 0 Å². The van der Waals surface area contributed by atoms with Gasteiger partial charge in [-0.15, -0.1) is 0 Å². The quantitative estimate of drug-likeness (QED) is 0.242. The Morgan fingerprint density at radius 1 is 1.14 bits per heavy atom. The molecule has 0 unspecified atom stereocenters. The fourth-order valence-corrected chi connectivity index (χ4v) is 0. The van der Waals surface area contributed by atoms with Crippen LogP contribution < -0.4 is 58.2 Å². The molecule has 0 amide bonds. The predicted octanol–water partition coefficient (Wildman–Crippen LogP) is -4.34. The van der Waals surface area contributed by atoms with Gasteiger partial charge in [-0.05, 0) is 0 Å². The zero-order valence-corrected chi connectivity index (χ0v) is 10.2. The van der Waals surface area contributed by atoms with Gasteiger partial charge in [0.05, 0.1) is 0 Å². The van der Waals surface area contributed by atoms with Crippen molar-refractivity contribution in [2.24, 2.45) is 0 Å². The van der Waals surface area contributed by atoms with Crippen molar-refractivity contribution < 1.29 is 92.8 Å². The van der Waals surface area contributed by atoms with Crippen LogP contribution >= 0.6 is 0 Å². The molecular formula is FeO4RbS+. The first-order chi connectivity index (χ1) is 2.00. The van der Waals surface area contributed by atoms with Crippen LogP contribution in [0, 0.1) is 0 Å². The smallest absolute Gasteiger partial charge is 0.759 e. The molecule has 0 aliphatic carbocycles. The van der Waals surface area contributed by atoms with Gasteiger partial charge in [0.2, 0.25) is 0 Å². The van der Waals surface area contributed by atoms with Crippen LogP contribution in [0.25, 0.3) is 0 Å². The monoisotopic (exact) mass is 237 g/mol. The molecule has 0 saturated heterocycles. The van der Waals surface area contributed by atoms with E-state index in [2.05, 4.69) is 0 Å². The first-order valence-electron chi connectivity index (χ1n) is 0.667. The Morgan fingerprint density at radius 2 is 1.14 bits per heavy atom. The van der Waals surface area contributed by atoms with Gasteiger partial charge in [-0.2, -0.15) is 0 Å². The molecule has 0 aromatic heterocycles. The van der Waals surface area contributed by atoms with Crippen molar-refractivity contribution in [2.45, 2.75) is 0 Å². The summed E-state index contributed by atoms with van der Waals surface area (Å²) in [6.07, 6.45) is 0. The minimum Gasteiger partial charge on any atom is -0.759 e. The molecule has 0 aromatic carbocycles. The summed E-state index contributed by atoms with van der Waals surface area (Å²) in [6.45, 7) is 0. The molecule has 4 nitrogen and oxygen atoms in total. The van der Waals surface area contributed by atoms with Crippen LogP contribution in [0.5, 0.6) is 0 Å². The Hall–Kier alpha value is 2.19. The van der Waals surface area contributed by atoms with Crippen molar-refractivity contribution in [3.8, 4) is 0 Å². The van der Waals surface area contributed by atoms with Crippen LogP contribution in [0.2, 0.25) is 0 Å². The Labute approximate surface area is 101 Å². The van der Waals surface area contributed by atoms with Gasteiger partial charge in [0, 0.05) is 10.4 Å². The molecule has 0 fully saturated rings. The van der Waals surface area contributed by atoms with Gasteiger partial charge >= 0.3 is 75.3 Å². The van der Waals surface area contributed by atoms with Crippen molar-refractivity contribution in [3.63, 3.8) is 0 Å². The molecule has 7 heteroatoms. The average Bonchev–Trinajstić information content (AvgIpc) is 0.722. The molecular weight excluding hydrogens is 237 g/mol. The van der Waals surface area contributed by atoms with E-state index in [1.54, 1.807) is 0 Å². The van der Waals surface area contributed by atoms with E-state index in [-0.39, 0.29) is 75.3 Å². The summed E-state index contributed by atoms with van der Waals surface area (Å²) in [6, 6.07) is 0. The molecule has 0 saturated carbocycles. The molecule has 7 heavy (non-hydrogen) atoms. The van der Waals surface area contributed by atoms with E-state index >= 15 is 0 Å². The summed E-state index contributed by atoms with van der Waals surface area (Å²) in [5.74, 6) is 0. The Bertz CT molecular complexity index is 94.9. The maximum atomic E-state index is 8.52. The van der Waals surface area contributed by atoms with Crippen molar-refractivity contribution in [3.05, 3.63) is 0 Å². The second-order valence-corrected chi connectivity index (χ2v) is 1.22. The largest absolute Gasteiger partial charge is 2.00 e. The third-order valence-electron chi connectivity index (χ3n) is 0. The Morgan fingerprint density at radius 3 is 1.14 bits per heavy atom. The number of rotatable bonds is 0. The summed E-state index contributed by atoms with van der Waals surface area (Å²) in [4.78, 5) is 0. The van der Waals surface area contributed by atoms with Crippen LogP contribution in [-0.2, 0) is 27.5 Å². The first-order valence-corrected chi connectivity index (χ1v) is 2.00. The zero-order chi connectivity index (χ0) is 4.50. The van der Waals surface area contributed by atoms with Crippen LogP contribution in [0.15, 0.2) is 0 Å². The van der Waals surface area contributed by atoms with E-state index in [0.29, 0.717) is 0 Å². The topological polar surface area (TPSA) is 80.3 Å². The van der Waals surface area contributed by atoms with Gasteiger partial charge in [0.1, 0.15) is 0 Å². The fraction of sp³-hybridized carbons (Fsp3) is 0. The van der Waals surface area contributed by atoms with Crippen molar-refractivity contribution in [2.75, 3.05) is 0 Å². The van der Waals surface area contributed by atoms with E-state index < -0.39 is 10.4 Å². The minimum atomic E-state index is -5.17. The third kappa shape index (κ3) is 65.3.